The zero-order chi connectivity index (χ0) is 20.7. The molecule has 0 aliphatic heterocycles. The Balaban J connectivity index is 2.09. The van der Waals surface area contributed by atoms with Gasteiger partial charge in [0.15, 0.2) is 0 Å². The van der Waals surface area contributed by atoms with Crippen molar-refractivity contribution in [1.29, 1.82) is 5.26 Å². The van der Waals surface area contributed by atoms with Crippen LogP contribution in [0.15, 0.2) is 30.3 Å². The summed E-state index contributed by atoms with van der Waals surface area (Å²) in [6.07, 6.45) is 2.55. The lowest BCUT2D eigenvalue weighted by Crippen LogP contribution is -2.08. The number of carbonyl (C=O) groups excluding carboxylic acids is 2. The number of nitrogens with two attached hydrogens (primary N) is 1. The van der Waals surface area contributed by atoms with Gasteiger partial charge in [-0.3, -0.25) is 10.1 Å². The first-order chi connectivity index (χ1) is 13.4. The van der Waals surface area contributed by atoms with Crippen LogP contribution in [0, 0.1) is 21.4 Å². The standard InChI is InChI=1S/C18H15N3O6S/c1-2-26-18(23)16-14(13(9-19)17(20)28-16)10-27-15(22)8-5-11-3-6-12(7-4-11)21(24)25/h3-8H,2,10,20H2,1H3/b8-5+. The van der Waals surface area contributed by atoms with E-state index in [1.54, 1.807) is 6.92 Å². The topological polar surface area (TPSA) is 146 Å². The average Bonchev–Trinajstić information content (AvgIpc) is 3.00. The van der Waals surface area contributed by atoms with E-state index in [4.69, 9.17) is 15.2 Å². The number of anilines is 1. The first kappa shape index (κ1) is 20.6. The van der Waals surface area contributed by atoms with Crippen LogP contribution in [0.3, 0.4) is 0 Å². The lowest BCUT2D eigenvalue weighted by atomic mass is 10.1. The Morgan fingerprint density at radius 2 is 2.00 bits per heavy atom. The van der Waals surface area contributed by atoms with Crippen LogP contribution in [0.5, 0.6) is 0 Å². The molecule has 2 rings (SSSR count). The van der Waals surface area contributed by atoms with Gasteiger partial charge < -0.3 is 15.2 Å². The Morgan fingerprint density at radius 1 is 1.32 bits per heavy atom. The van der Waals surface area contributed by atoms with E-state index in [-0.39, 0.29) is 39.9 Å². The fourth-order valence-electron chi connectivity index (χ4n) is 2.17. The van der Waals surface area contributed by atoms with Gasteiger partial charge in [0.1, 0.15) is 22.6 Å². The third-order valence-corrected chi connectivity index (χ3v) is 4.52. The Morgan fingerprint density at radius 3 is 2.57 bits per heavy atom. The van der Waals surface area contributed by atoms with Crippen LogP contribution in [-0.2, 0) is 20.9 Å². The normalized spacial score (nSPS) is 10.4. The van der Waals surface area contributed by atoms with Crippen LogP contribution >= 0.6 is 11.3 Å². The van der Waals surface area contributed by atoms with Crippen LogP contribution in [0.2, 0.25) is 0 Å². The van der Waals surface area contributed by atoms with E-state index in [0.29, 0.717) is 5.56 Å². The summed E-state index contributed by atoms with van der Waals surface area (Å²) in [6, 6.07) is 7.47. The van der Waals surface area contributed by atoms with Crippen molar-refractivity contribution in [2.75, 3.05) is 12.3 Å². The maximum Gasteiger partial charge on any atom is 0.348 e. The minimum Gasteiger partial charge on any atom is -0.462 e. The molecule has 28 heavy (non-hydrogen) atoms. The smallest absolute Gasteiger partial charge is 0.348 e. The number of hydrogen-bond acceptors (Lipinski definition) is 9. The van der Waals surface area contributed by atoms with Crippen molar-refractivity contribution >= 4 is 40.0 Å². The monoisotopic (exact) mass is 401 g/mol. The van der Waals surface area contributed by atoms with Gasteiger partial charge in [-0.25, -0.2) is 9.59 Å². The lowest BCUT2D eigenvalue weighted by molar-refractivity contribution is -0.384. The van der Waals surface area contributed by atoms with Gasteiger partial charge in [0.05, 0.1) is 17.1 Å². The number of hydrogen-bond donors (Lipinski definition) is 1. The highest BCUT2D eigenvalue weighted by Gasteiger charge is 2.23. The minimum atomic E-state index is -0.721. The molecule has 0 fully saturated rings. The Hall–Kier alpha value is -3.71. The molecule has 0 bridgehead atoms. The molecule has 10 heteroatoms. The Labute approximate surface area is 163 Å². The molecule has 2 N–H and O–H groups in total. The van der Waals surface area contributed by atoms with Gasteiger partial charge in [-0.05, 0) is 30.7 Å². The van der Waals surface area contributed by atoms with Crippen molar-refractivity contribution in [1.82, 2.24) is 0 Å². The number of ether oxygens (including phenoxy) is 2. The van der Waals surface area contributed by atoms with Crippen LogP contribution in [0.1, 0.15) is 33.3 Å². The van der Waals surface area contributed by atoms with E-state index < -0.39 is 16.9 Å². The van der Waals surface area contributed by atoms with Crippen molar-refractivity contribution in [3.8, 4) is 6.07 Å². The van der Waals surface area contributed by atoms with Gasteiger partial charge in [0.2, 0.25) is 0 Å². The van der Waals surface area contributed by atoms with Crippen LogP contribution in [-0.4, -0.2) is 23.5 Å². The van der Waals surface area contributed by atoms with E-state index in [0.717, 1.165) is 17.4 Å². The zero-order valence-corrected chi connectivity index (χ0v) is 15.5. The minimum absolute atomic E-state index is 0.0645. The predicted molar refractivity (Wildman–Crippen MR) is 101 cm³/mol. The molecule has 0 amide bonds. The summed E-state index contributed by atoms with van der Waals surface area (Å²) in [7, 11) is 0. The van der Waals surface area contributed by atoms with Gasteiger partial charge in [0.25, 0.3) is 5.69 Å². The van der Waals surface area contributed by atoms with Crippen molar-refractivity contribution < 1.29 is 24.0 Å². The van der Waals surface area contributed by atoms with Crippen molar-refractivity contribution in [3.05, 3.63) is 62.0 Å². The molecular weight excluding hydrogens is 386 g/mol. The van der Waals surface area contributed by atoms with E-state index in [1.807, 2.05) is 6.07 Å². The van der Waals surface area contributed by atoms with E-state index in [9.17, 15) is 25.0 Å². The number of nitro groups is 1. The van der Waals surface area contributed by atoms with E-state index >= 15 is 0 Å². The number of non-ortho nitro benzene ring substituents is 1. The predicted octanol–water partition coefficient (Wildman–Crippen LogP) is 3.04. The summed E-state index contributed by atoms with van der Waals surface area (Å²) in [5.41, 5.74) is 6.51. The van der Waals surface area contributed by atoms with Gasteiger partial charge in [-0.1, -0.05) is 0 Å². The molecule has 2 aromatic rings. The quantitative estimate of drug-likeness (QED) is 0.322. The molecular formula is C18H15N3O6S. The molecule has 0 saturated carbocycles. The molecule has 9 nitrogen and oxygen atoms in total. The number of thiophene rings is 1. The number of nitrogens with zero attached hydrogens (tertiary/aromatic N) is 2. The maximum absolute atomic E-state index is 12.0. The fraction of sp³-hybridized carbons (Fsp3) is 0.167. The van der Waals surface area contributed by atoms with Crippen molar-refractivity contribution in [3.63, 3.8) is 0 Å². The van der Waals surface area contributed by atoms with E-state index in [1.165, 1.54) is 30.3 Å². The molecule has 1 aromatic carbocycles. The number of nitrogen functional groups attached to an aromatic ring is 1. The van der Waals surface area contributed by atoms with Crippen LogP contribution in [0.4, 0.5) is 10.7 Å². The highest BCUT2D eigenvalue weighted by atomic mass is 32.1. The molecule has 144 valence electrons. The molecule has 0 aliphatic rings. The van der Waals surface area contributed by atoms with Gasteiger partial charge in [-0.15, -0.1) is 11.3 Å². The van der Waals surface area contributed by atoms with Crippen LogP contribution < -0.4 is 5.73 Å². The van der Waals surface area contributed by atoms with Crippen molar-refractivity contribution in [2.45, 2.75) is 13.5 Å². The highest BCUT2D eigenvalue weighted by molar-refractivity contribution is 7.18. The molecule has 1 heterocycles. The fourth-order valence-corrected chi connectivity index (χ4v) is 3.09. The lowest BCUT2D eigenvalue weighted by Gasteiger charge is -2.05. The van der Waals surface area contributed by atoms with Crippen LogP contribution in [0.25, 0.3) is 6.08 Å². The average molecular weight is 401 g/mol. The number of nitro benzene ring substituents is 1. The van der Waals surface area contributed by atoms with Gasteiger partial charge in [0, 0.05) is 23.8 Å². The SMILES string of the molecule is CCOC(=O)c1sc(N)c(C#N)c1COC(=O)/C=C/c1ccc([N+](=O)[O-])cc1. The number of nitriles is 1. The number of benzene rings is 1. The Kier molecular flexibility index (Phi) is 6.84. The summed E-state index contributed by atoms with van der Waals surface area (Å²) in [4.78, 5) is 34.1. The third-order valence-electron chi connectivity index (χ3n) is 3.48. The summed E-state index contributed by atoms with van der Waals surface area (Å²) in [5, 5.41) is 20.0. The molecule has 0 unspecified atom stereocenters. The summed E-state index contributed by atoms with van der Waals surface area (Å²) in [6.45, 7) is 1.46. The number of carbonyl (C=O) groups is 2. The maximum atomic E-state index is 12.0. The molecule has 0 saturated heterocycles. The summed E-state index contributed by atoms with van der Waals surface area (Å²) in [5.74, 6) is -1.37. The van der Waals surface area contributed by atoms with Gasteiger partial charge in [-0.2, -0.15) is 5.26 Å². The first-order valence-corrected chi connectivity index (χ1v) is 8.76. The van der Waals surface area contributed by atoms with Crippen molar-refractivity contribution in [2.24, 2.45) is 0 Å². The largest absolute Gasteiger partial charge is 0.462 e. The zero-order valence-electron chi connectivity index (χ0n) is 14.7. The number of esters is 2. The second-order valence-electron chi connectivity index (χ2n) is 5.27. The third kappa shape index (κ3) is 4.93. The number of rotatable bonds is 7. The second kappa shape index (κ2) is 9.29. The van der Waals surface area contributed by atoms with Gasteiger partial charge >= 0.3 is 11.9 Å². The molecule has 1 aromatic heterocycles. The van der Waals surface area contributed by atoms with E-state index in [2.05, 4.69) is 0 Å². The molecule has 0 aliphatic carbocycles. The summed E-state index contributed by atoms with van der Waals surface area (Å²) >= 11 is 0.896. The molecule has 0 spiro atoms. The summed E-state index contributed by atoms with van der Waals surface area (Å²) < 4.78 is 10.0. The second-order valence-corrected chi connectivity index (χ2v) is 6.32. The first-order valence-electron chi connectivity index (χ1n) is 7.95. The molecule has 0 atom stereocenters. The highest BCUT2D eigenvalue weighted by Crippen LogP contribution is 2.31. The molecule has 0 radical (unpaired) electrons. The Bertz CT molecular complexity index is 972.